The minimum absolute atomic E-state index is 0.0982. The molecule has 0 aromatic heterocycles. The molecule has 1 aromatic rings. The summed E-state index contributed by atoms with van der Waals surface area (Å²) in [5.74, 6) is -1.71. The maximum atomic E-state index is 13.0. The Balaban J connectivity index is 2.95. The van der Waals surface area contributed by atoms with E-state index in [-0.39, 0.29) is 12.4 Å². The van der Waals surface area contributed by atoms with Crippen LogP contribution in [-0.4, -0.2) is 31.8 Å². The maximum absolute atomic E-state index is 13.0. The standard InChI is InChI=1S/C14H15F3O5/c1-8(22-9(2)18)7-21-10-4-5-11(13(19)20-3)12(6-10)14(15,16)17/h4-6,8H,7H2,1-3H3/t8-/m1/s1. The highest BCUT2D eigenvalue weighted by molar-refractivity contribution is 5.91. The first-order valence-electron chi connectivity index (χ1n) is 6.24. The number of hydrogen-bond donors (Lipinski definition) is 0. The molecule has 0 bridgehead atoms. The first-order valence-corrected chi connectivity index (χ1v) is 6.24. The van der Waals surface area contributed by atoms with Crippen molar-refractivity contribution in [3.05, 3.63) is 29.3 Å². The lowest BCUT2D eigenvalue weighted by Gasteiger charge is -2.16. The Morgan fingerprint density at radius 1 is 1.27 bits per heavy atom. The Labute approximate surface area is 125 Å². The van der Waals surface area contributed by atoms with Crippen LogP contribution in [0.2, 0.25) is 0 Å². The third-order valence-electron chi connectivity index (χ3n) is 2.55. The average molecular weight is 320 g/mol. The van der Waals surface area contributed by atoms with Crippen LogP contribution in [0, 0.1) is 0 Å². The predicted octanol–water partition coefficient (Wildman–Crippen LogP) is 2.82. The van der Waals surface area contributed by atoms with Crippen LogP contribution < -0.4 is 4.74 Å². The van der Waals surface area contributed by atoms with E-state index in [4.69, 9.17) is 9.47 Å². The average Bonchev–Trinajstić information content (AvgIpc) is 2.42. The summed E-state index contributed by atoms with van der Waals surface area (Å²) in [6.07, 6.45) is -5.35. The number of hydrogen-bond acceptors (Lipinski definition) is 5. The number of benzene rings is 1. The van der Waals surface area contributed by atoms with E-state index in [9.17, 15) is 22.8 Å². The Hall–Kier alpha value is -2.25. The van der Waals surface area contributed by atoms with Crippen LogP contribution in [0.1, 0.15) is 29.8 Å². The predicted molar refractivity (Wildman–Crippen MR) is 69.5 cm³/mol. The lowest BCUT2D eigenvalue weighted by molar-refractivity contribution is -0.146. The number of halogens is 3. The molecule has 0 unspecified atom stereocenters. The van der Waals surface area contributed by atoms with Crippen LogP contribution >= 0.6 is 0 Å². The lowest BCUT2D eigenvalue weighted by atomic mass is 10.1. The van der Waals surface area contributed by atoms with Gasteiger partial charge < -0.3 is 14.2 Å². The van der Waals surface area contributed by atoms with Crippen molar-refractivity contribution in [2.24, 2.45) is 0 Å². The van der Waals surface area contributed by atoms with Gasteiger partial charge in [0.25, 0.3) is 0 Å². The second-order valence-corrected chi connectivity index (χ2v) is 4.43. The zero-order valence-corrected chi connectivity index (χ0v) is 12.2. The van der Waals surface area contributed by atoms with Gasteiger partial charge in [0, 0.05) is 6.92 Å². The van der Waals surface area contributed by atoms with E-state index < -0.39 is 35.3 Å². The summed E-state index contributed by atoms with van der Waals surface area (Å²) in [5, 5.41) is 0. The smallest absolute Gasteiger partial charge is 0.417 e. The molecule has 1 atom stereocenters. The Kier molecular flexibility index (Phi) is 5.78. The van der Waals surface area contributed by atoms with Gasteiger partial charge in [0.1, 0.15) is 18.5 Å². The van der Waals surface area contributed by atoms with E-state index >= 15 is 0 Å². The summed E-state index contributed by atoms with van der Waals surface area (Å²) < 4.78 is 53.1. The van der Waals surface area contributed by atoms with Crippen LogP contribution in [0.4, 0.5) is 13.2 Å². The fourth-order valence-electron chi connectivity index (χ4n) is 1.67. The van der Waals surface area contributed by atoms with E-state index in [1.165, 1.54) is 19.9 Å². The number of ether oxygens (including phenoxy) is 3. The third kappa shape index (κ3) is 4.94. The highest BCUT2D eigenvalue weighted by Gasteiger charge is 2.36. The molecule has 22 heavy (non-hydrogen) atoms. The van der Waals surface area contributed by atoms with Crippen molar-refractivity contribution in [1.29, 1.82) is 0 Å². The topological polar surface area (TPSA) is 61.8 Å². The molecule has 0 fully saturated rings. The van der Waals surface area contributed by atoms with Crippen LogP contribution in [0.15, 0.2) is 18.2 Å². The normalized spacial score (nSPS) is 12.5. The highest BCUT2D eigenvalue weighted by atomic mass is 19.4. The molecule has 0 aliphatic carbocycles. The van der Waals surface area contributed by atoms with E-state index in [1.807, 2.05) is 0 Å². The van der Waals surface area contributed by atoms with Crippen LogP contribution in [0.25, 0.3) is 0 Å². The van der Waals surface area contributed by atoms with Crippen LogP contribution in [0.3, 0.4) is 0 Å². The number of alkyl halides is 3. The molecule has 0 heterocycles. The van der Waals surface area contributed by atoms with Gasteiger partial charge in [-0.1, -0.05) is 0 Å². The molecule has 8 heteroatoms. The van der Waals surface area contributed by atoms with Gasteiger partial charge in [-0.05, 0) is 25.1 Å². The van der Waals surface area contributed by atoms with E-state index in [1.54, 1.807) is 0 Å². The van der Waals surface area contributed by atoms with E-state index in [0.29, 0.717) is 6.07 Å². The van der Waals surface area contributed by atoms with Gasteiger partial charge in [0.05, 0.1) is 18.2 Å². The van der Waals surface area contributed by atoms with Gasteiger partial charge >= 0.3 is 18.1 Å². The minimum Gasteiger partial charge on any atom is -0.490 e. The van der Waals surface area contributed by atoms with Gasteiger partial charge in [-0.25, -0.2) is 4.79 Å². The largest absolute Gasteiger partial charge is 0.490 e. The first kappa shape index (κ1) is 17.8. The second kappa shape index (κ2) is 7.15. The number of carbonyl (C=O) groups is 2. The first-order chi connectivity index (χ1) is 10.1. The molecule has 0 saturated carbocycles. The van der Waals surface area contributed by atoms with Crippen LogP contribution in [0.5, 0.6) is 5.75 Å². The summed E-state index contributed by atoms with van der Waals surface area (Å²) in [6, 6.07) is 2.88. The van der Waals surface area contributed by atoms with Gasteiger partial charge in [0.2, 0.25) is 0 Å². The number of esters is 2. The zero-order valence-electron chi connectivity index (χ0n) is 12.2. The van der Waals surface area contributed by atoms with Crippen LogP contribution in [-0.2, 0) is 20.4 Å². The van der Waals surface area contributed by atoms with Crippen molar-refractivity contribution in [2.75, 3.05) is 13.7 Å². The monoisotopic (exact) mass is 320 g/mol. The molecule has 5 nitrogen and oxygen atoms in total. The van der Waals surface area contributed by atoms with Crippen molar-refractivity contribution >= 4 is 11.9 Å². The van der Waals surface area contributed by atoms with Crippen molar-refractivity contribution in [3.8, 4) is 5.75 Å². The van der Waals surface area contributed by atoms with Gasteiger partial charge in [-0.15, -0.1) is 0 Å². The van der Waals surface area contributed by atoms with Gasteiger partial charge in [-0.3, -0.25) is 4.79 Å². The third-order valence-corrected chi connectivity index (χ3v) is 2.55. The van der Waals surface area contributed by atoms with Crippen molar-refractivity contribution in [2.45, 2.75) is 26.1 Å². The second-order valence-electron chi connectivity index (χ2n) is 4.43. The molecule has 0 saturated heterocycles. The molecule has 0 radical (unpaired) electrons. The van der Waals surface area contributed by atoms with Crippen molar-refractivity contribution in [1.82, 2.24) is 0 Å². The SMILES string of the molecule is COC(=O)c1ccc(OC[C@@H](C)OC(C)=O)cc1C(F)(F)F. The molecule has 1 aromatic carbocycles. The molecule has 0 aliphatic rings. The number of methoxy groups -OCH3 is 1. The van der Waals surface area contributed by atoms with E-state index in [0.717, 1.165) is 13.2 Å². The maximum Gasteiger partial charge on any atom is 0.417 e. The number of rotatable bonds is 5. The molecule has 122 valence electrons. The Morgan fingerprint density at radius 3 is 2.41 bits per heavy atom. The number of carbonyl (C=O) groups excluding carboxylic acids is 2. The molecule has 1 rings (SSSR count). The van der Waals surface area contributed by atoms with Crippen molar-refractivity contribution < 1.29 is 37.0 Å². The zero-order chi connectivity index (χ0) is 16.9. The molecular formula is C14H15F3O5. The Morgan fingerprint density at radius 2 is 1.91 bits per heavy atom. The quantitative estimate of drug-likeness (QED) is 0.781. The molecular weight excluding hydrogens is 305 g/mol. The summed E-state index contributed by atoms with van der Waals surface area (Å²) in [4.78, 5) is 22.1. The molecule has 0 aliphatic heterocycles. The Bertz CT molecular complexity index is 554. The van der Waals surface area contributed by atoms with Gasteiger partial charge in [-0.2, -0.15) is 13.2 Å². The summed E-state index contributed by atoms with van der Waals surface area (Å²) >= 11 is 0. The molecule has 0 N–H and O–H groups in total. The van der Waals surface area contributed by atoms with Crippen molar-refractivity contribution in [3.63, 3.8) is 0 Å². The lowest BCUT2D eigenvalue weighted by Crippen LogP contribution is -2.21. The summed E-state index contributed by atoms with van der Waals surface area (Å²) in [6.45, 7) is 2.63. The fraction of sp³-hybridized carbons (Fsp3) is 0.429. The molecule has 0 amide bonds. The summed E-state index contributed by atoms with van der Waals surface area (Å²) in [5.41, 5.74) is -1.76. The fourth-order valence-corrected chi connectivity index (χ4v) is 1.67. The highest BCUT2D eigenvalue weighted by Crippen LogP contribution is 2.34. The minimum atomic E-state index is -4.73. The van der Waals surface area contributed by atoms with Gasteiger partial charge in [0.15, 0.2) is 0 Å². The van der Waals surface area contributed by atoms with E-state index in [2.05, 4.69) is 4.74 Å². The molecule has 0 spiro atoms. The summed E-state index contributed by atoms with van der Waals surface area (Å²) in [7, 11) is 0.994.